The van der Waals surface area contributed by atoms with Crippen LogP contribution in [0.25, 0.3) is 0 Å². The molecule has 110 valence electrons. The van der Waals surface area contributed by atoms with Gasteiger partial charge in [-0.3, -0.25) is 4.79 Å². The predicted octanol–water partition coefficient (Wildman–Crippen LogP) is 3.29. The summed E-state index contributed by atoms with van der Waals surface area (Å²) in [5.41, 5.74) is 1.61. The minimum absolute atomic E-state index is 0.107. The van der Waals surface area contributed by atoms with E-state index < -0.39 is 5.97 Å². The molecule has 0 radical (unpaired) electrons. The topological polar surface area (TPSA) is 79.5 Å². The second-order valence-electron chi connectivity index (χ2n) is 4.65. The second-order valence-corrected chi connectivity index (χ2v) is 5.51. The molecule has 6 heteroatoms. The highest BCUT2D eigenvalue weighted by Crippen LogP contribution is 2.19. The van der Waals surface area contributed by atoms with Crippen LogP contribution in [-0.4, -0.2) is 17.0 Å². The summed E-state index contributed by atoms with van der Waals surface area (Å²) in [6.45, 7) is 3.61. The Kier molecular flexibility index (Phi) is 4.47. The van der Waals surface area contributed by atoms with Crippen LogP contribution in [0.2, 0.25) is 0 Å². The van der Waals surface area contributed by atoms with E-state index in [9.17, 15) is 9.59 Å². The molecule has 5 nitrogen and oxygen atoms in total. The number of hydrogen-bond acceptors (Lipinski definition) is 3. The maximum Gasteiger partial charge on any atom is 0.339 e. The number of carbonyl (C=O) groups is 2. The standard InChI is InChI=1S/C15H14BrNO4/c1-8-3-4-13(16)12(5-8)14(18)17-7-10-6-11(15(19)20)9(2)21-10/h3-6H,7H2,1-2H3,(H,17,18)(H,19,20). The van der Waals surface area contributed by atoms with Crippen molar-refractivity contribution in [2.45, 2.75) is 20.4 Å². The molecule has 0 atom stereocenters. The highest BCUT2D eigenvalue weighted by molar-refractivity contribution is 9.10. The summed E-state index contributed by atoms with van der Waals surface area (Å²) in [7, 11) is 0. The van der Waals surface area contributed by atoms with Crippen LogP contribution in [0, 0.1) is 13.8 Å². The number of aryl methyl sites for hydroxylation is 2. The highest BCUT2D eigenvalue weighted by Gasteiger charge is 2.15. The number of nitrogens with one attached hydrogen (secondary N) is 1. The minimum Gasteiger partial charge on any atom is -0.478 e. The van der Waals surface area contributed by atoms with E-state index >= 15 is 0 Å². The summed E-state index contributed by atoms with van der Waals surface area (Å²) in [4.78, 5) is 23.0. The Hall–Kier alpha value is -2.08. The van der Waals surface area contributed by atoms with Crippen LogP contribution < -0.4 is 5.32 Å². The summed E-state index contributed by atoms with van der Waals surface area (Å²) in [5.74, 6) is -0.572. The lowest BCUT2D eigenvalue weighted by Crippen LogP contribution is -2.23. The smallest absolute Gasteiger partial charge is 0.339 e. The molecule has 1 amide bonds. The minimum atomic E-state index is -1.05. The van der Waals surface area contributed by atoms with Gasteiger partial charge in [0, 0.05) is 4.47 Å². The number of carboxylic acid groups (broad SMARTS) is 1. The van der Waals surface area contributed by atoms with Gasteiger partial charge in [0.25, 0.3) is 5.91 Å². The van der Waals surface area contributed by atoms with E-state index in [1.54, 1.807) is 13.0 Å². The lowest BCUT2D eigenvalue weighted by Gasteiger charge is -2.06. The summed E-state index contributed by atoms with van der Waals surface area (Å²) in [6.07, 6.45) is 0. The summed E-state index contributed by atoms with van der Waals surface area (Å²) < 4.78 is 6.01. The summed E-state index contributed by atoms with van der Waals surface area (Å²) in [6, 6.07) is 6.90. The SMILES string of the molecule is Cc1ccc(Br)c(C(=O)NCc2cc(C(=O)O)c(C)o2)c1. The maximum absolute atomic E-state index is 12.1. The van der Waals surface area contributed by atoms with E-state index in [1.165, 1.54) is 6.07 Å². The number of halogens is 1. The fraction of sp³-hybridized carbons (Fsp3) is 0.200. The first-order valence-corrected chi connectivity index (χ1v) is 7.04. The Morgan fingerprint density at radius 1 is 1.24 bits per heavy atom. The third kappa shape index (κ3) is 3.52. The molecule has 1 aromatic heterocycles. The van der Waals surface area contributed by atoms with Crippen molar-refractivity contribution in [2.24, 2.45) is 0 Å². The molecule has 0 aliphatic carbocycles. The van der Waals surface area contributed by atoms with Crippen LogP contribution in [0.1, 0.15) is 37.8 Å². The molecule has 2 rings (SSSR count). The monoisotopic (exact) mass is 351 g/mol. The Labute approximate surface area is 130 Å². The molecule has 2 aromatic rings. The molecule has 2 N–H and O–H groups in total. The predicted molar refractivity (Wildman–Crippen MR) is 80.5 cm³/mol. The lowest BCUT2D eigenvalue weighted by molar-refractivity contribution is 0.0694. The molecular weight excluding hydrogens is 338 g/mol. The van der Waals surface area contributed by atoms with Crippen LogP contribution in [0.5, 0.6) is 0 Å². The molecule has 0 aliphatic heterocycles. The quantitative estimate of drug-likeness (QED) is 0.885. The van der Waals surface area contributed by atoms with E-state index in [0.717, 1.165) is 5.56 Å². The first-order valence-electron chi connectivity index (χ1n) is 6.25. The zero-order valence-corrected chi connectivity index (χ0v) is 13.2. The van der Waals surface area contributed by atoms with Crippen molar-refractivity contribution in [1.29, 1.82) is 0 Å². The largest absolute Gasteiger partial charge is 0.478 e. The van der Waals surface area contributed by atoms with Crippen LogP contribution in [-0.2, 0) is 6.54 Å². The fourth-order valence-corrected chi connectivity index (χ4v) is 2.35. The normalized spacial score (nSPS) is 10.4. The van der Waals surface area contributed by atoms with E-state index in [1.807, 2.05) is 19.1 Å². The van der Waals surface area contributed by atoms with Crippen LogP contribution >= 0.6 is 15.9 Å². The fourth-order valence-electron chi connectivity index (χ4n) is 1.92. The van der Waals surface area contributed by atoms with Gasteiger partial charge < -0.3 is 14.8 Å². The van der Waals surface area contributed by atoms with Crippen molar-refractivity contribution in [3.05, 3.63) is 56.9 Å². The number of carboxylic acids is 1. The number of furan rings is 1. The molecule has 0 fully saturated rings. The van der Waals surface area contributed by atoms with Crippen molar-refractivity contribution in [2.75, 3.05) is 0 Å². The number of benzene rings is 1. The van der Waals surface area contributed by atoms with Crippen molar-refractivity contribution in [1.82, 2.24) is 5.32 Å². The van der Waals surface area contributed by atoms with Crippen molar-refractivity contribution in [3.63, 3.8) is 0 Å². The number of amides is 1. The molecule has 0 saturated heterocycles. The number of carbonyl (C=O) groups excluding carboxylic acids is 1. The van der Waals surface area contributed by atoms with E-state index in [-0.39, 0.29) is 18.0 Å². The maximum atomic E-state index is 12.1. The van der Waals surface area contributed by atoms with Gasteiger partial charge in [0.1, 0.15) is 17.1 Å². The number of hydrogen-bond donors (Lipinski definition) is 2. The third-order valence-electron chi connectivity index (χ3n) is 2.99. The first-order chi connectivity index (χ1) is 9.88. The third-order valence-corrected chi connectivity index (χ3v) is 3.68. The van der Waals surface area contributed by atoms with Gasteiger partial charge in [-0.05, 0) is 48.0 Å². The zero-order valence-electron chi connectivity index (χ0n) is 11.6. The molecule has 0 bridgehead atoms. The van der Waals surface area contributed by atoms with Gasteiger partial charge >= 0.3 is 5.97 Å². The molecule has 21 heavy (non-hydrogen) atoms. The van der Waals surface area contributed by atoms with Gasteiger partial charge in [-0.1, -0.05) is 11.6 Å². The van der Waals surface area contributed by atoms with E-state index in [0.29, 0.717) is 21.6 Å². The van der Waals surface area contributed by atoms with Gasteiger partial charge in [0.05, 0.1) is 12.1 Å². The average molecular weight is 352 g/mol. The number of aromatic carboxylic acids is 1. The average Bonchev–Trinajstić information content (AvgIpc) is 2.80. The summed E-state index contributed by atoms with van der Waals surface area (Å²) >= 11 is 3.33. The van der Waals surface area contributed by atoms with Gasteiger partial charge in [-0.2, -0.15) is 0 Å². The molecule has 1 aromatic carbocycles. The Morgan fingerprint density at radius 3 is 2.57 bits per heavy atom. The van der Waals surface area contributed by atoms with Crippen molar-refractivity contribution < 1.29 is 19.1 Å². The zero-order chi connectivity index (χ0) is 15.6. The number of rotatable bonds is 4. The Bertz CT molecular complexity index is 706. The second kappa shape index (κ2) is 6.13. The molecule has 0 aliphatic rings. The van der Waals surface area contributed by atoms with Crippen molar-refractivity contribution >= 4 is 27.8 Å². The van der Waals surface area contributed by atoms with Gasteiger partial charge in [0.15, 0.2) is 0 Å². The van der Waals surface area contributed by atoms with Crippen LogP contribution in [0.3, 0.4) is 0 Å². The van der Waals surface area contributed by atoms with E-state index in [2.05, 4.69) is 21.2 Å². The molecule has 0 unspecified atom stereocenters. The highest BCUT2D eigenvalue weighted by atomic mass is 79.9. The summed E-state index contributed by atoms with van der Waals surface area (Å²) in [5, 5.41) is 11.7. The molecule has 0 spiro atoms. The van der Waals surface area contributed by atoms with Crippen molar-refractivity contribution in [3.8, 4) is 0 Å². The van der Waals surface area contributed by atoms with Crippen LogP contribution in [0.15, 0.2) is 33.2 Å². The molecular formula is C15H14BrNO4. The Balaban J connectivity index is 2.09. The van der Waals surface area contributed by atoms with Crippen LogP contribution in [0.4, 0.5) is 0 Å². The van der Waals surface area contributed by atoms with Gasteiger partial charge in [0.2, 0.25) is 0 Å². The van der Waals surface area contributed by atoms with E-state index in [4.69, 9.17) is 9.52 Å². The van der Waals surface area contributed by atoms with Gasteiger partial charge in [-0.25, -0.2) is 4.79 Å². The molecule has 0 saturated carbocycles. The lowest BCUT2D eigenvalue weighted by atomic mass is 10.1. The Morgan fingerprint density at radius 2 is 1.95 bits per heavy atom. The molecule has 1 heterocycles. The first kappa shape index (κ1) is 15.3. The van der Waals surface area contributed by atoms with Gasteiger partial charge in [-0.15, -0.1) is 0 Å².